The molecule has 5 atom stereocenters. The number of ether oxygens (including phenoxy) is 1. The molecule has 0 bridgehead atoms. The molecule has 5 nitrogen and oxygen atoms in total. The molecule has 1 saturated heterocycles. The number of rotatable bonds is 4. The molecule has 2 aromatic carbocycles. The van der Waals surface area contributed by atoms with Gasteiger partial charge in [-0.3, -0.25) is 0 Å². The lowest BCUT2D eigenvalue weighted by Gasteiger charge is -2.40. The highest BCUT2D eigenvalue weighted by molar-refractivity contribution is 5.82. The lowest BCUT2D eigenvalue weighted by molar-refractivity contribution is -0.274. The summed E-state index contributed by atoms with van der Waals surface area (Å²) < 4.78 is 5.01. The van der Waals surface area contributed by atoms with Gasteiger partial charge < -0.3 is 25.2 Å². The van der Waals surface area contributed by atoms with Crippen molar-refractivity contribution in [3.63, 3.8) is 0 Å². The van der Waals surface area contributed by atoms with Gasteiger partial charge in [-0.05, 0) is 29.2 Å². The third-order valence-electron chi connectivity index (χ3n) is 4.62. The van der Waals surface area contributed by atoms with Crippen LogP contribution in [-0.4, -0.2) is 51.6 Å². The van der Waals surface area contributed by atoms with Crippen LogP contribution in [0.5, 0.6) is 0 Å². The van der Waals surface area contributed by atoms with Crippen LogP contribution in [-0.2, 0) is 11.2 Å². The second kappa shape index (κ2) is 6.95. The van der Waals surface area contributed by atoms with Crippen LogP contribution in [0.25, 0.3) is 10.8 Å². The quantitative estimate of drug-likeness (QED) is 0.670. The summed E-state index contributed by atoms with van der Waals surface area (Å²) in [5.41, 5.74) is 1.10. The average Bonchev–Trinajstić information content (AvgIpc) is 2.58. The summed E-state index contributed by atoms with van der Waals surface area (Å²) in [5, 5.41) is 41.5. The van der Waals surface area contributed by atoms with Crippen LogP contribution in [0, 0.1) is 5.92 Å². The summed E-state index contributed by atoms with van der Waals surface area (Å²) in [4.78, 5) is 0. The van der Waals surface area contributed by atoms with Crippen LogP contribution >= 0.6 is 0 Å². The Hall–Kier alpha value is -1.50. The number of aliphatic hydroxyl groups is 4. The van der Waals surface area contributed by atoms with E-state index >= 15 is 0 Å². The standard InChI is InChI=1S/C18H22O5/c19-10-15-16(20)14(17(21)18(22)23-15)8-6-11-5-7-12-3-1-2-4-13(12)9-11/h1-5,7,9,14-22H,6,8,10H2/t14-,15?,16-,17?,18+/m0/s1. The van der Waals surface area contributed by atoms with E-state index in [4.69, 9.17) is 4.74 Å². The molecule has 0 radical (unpaired) electrons. The first-order valence-electron chi connectivity index (χ1n) is 7.88. The molecule has 0 amide bonds. The Morgan fingerprint density at radius 2 is 1.65 bits per heavy atom. The maximum absolute atomic E-state index is 10.2. The van der Waals surface area contributed by atoms with E-state index in [1.165, 1.54) is 0 Å². The third-order valence-corrected chi connectivity index (χ3v) is 4.62. The smallest absolute Gasteiger partial charge is 0.181 e. The summed E-state index contributed by atoms with van der Waals surface area (Å²) in [6.45, 7) is -0.391. The van der Waals surface area contributed by atoms with Gasteiger partial charge in [-0.1, -0.05) is 42.5 Å². The second-order valence-corrected chi connectivity index (χ2v) is 6.11. The Balaban J connectivity index is 1.72. The molecule has 124 valence electrons. The lowest BCUT2D eigenvalue weighted by Crippen LogP contribution is -2.55. The van der Waals surface area contributed by atoms with E-state index in [-0.39, 0.29) is 0 Å². The molecule has 0 saturated carbocycles. The Kier molecular flexibility index (Phi) is 4.94. The van der Waals surface area contributed by atoms with Gasteiger partial charge in [-0.25, -0.2) is 0 Å². The zero-order valence-electron chi connectivity index (χ0n) is 12.7. The van der Waals surface area contributed by atoms with Crippen molar-refractivity contribution < 1.29 is 25.2 Å². The van der Waals surface area contributed by atoms with Crippen molar-refractivity contribution in [3.8, 4) is 0 Å². The zero-order chi connectivity index (χ0) is 16.4. The first-order chi connectivity index (χ1) is 11.1. The van der Waals surface area contributed by atoms with Gasteiger partial charge >= 0.3 is 0 Å². The molecule has 2 unspecified atom stereocenters. The molecule has 0 spiro atoms. The molecule has 1 fully saturated rings. The Bertz CT molecular complexity index is 659. The molecule has 1 heterocycles. The van der Waals surface area contributed by atoms with Crippen molar-refractivity contribution in [1.82, 2.24) is 0 Å². The van der Waals surface area contributed by atoms with Crippen LogP contribution in [0.3, 0.4) is 0 Å². The monoisotopic (exact) mass is 318 g/mol. The average molecular weight is 318 g/mol. The van der Waals surface area contributed by atoms with E-state index in [0.29, 0.717) is 12.8 Å². The summed E-state index contributed by atoms with van der Waals surface area (Å²) in [6, 6.07) is 14.2. The highest BCUT2D eigenvalue weighted by Gasteiger charge is 2.43. The zero-order valence-corrected chi connectivity index (χ0v) is 12.7. The van der Waals surface area contributed by atoms with Gasteiger partial charge in [0, 0.05) is 5.92 Å². The van der Waals surface area contributed by atoms with Gasteiger partial charge in [-0.2, -0.15) is 0 Å². The summed E-state index contributed by atoms with van der Waals surface area (Å²) in [7, 11) is 0. The van der Waals surface area contributed by atoms with Gasteiger partial charge in [0.1, 0.15) is 12.2 Å². The highest BCUT2D eigenvalue weighted by atomic mass is 16.6. The van der Waals surface area contributed by atoms with Gasteiger partial charge in [0.15, 0.2) is 6.29 Å². The van der Waals surface area contributed by atoms with Crippen LogP contribution in [0.15, 0.2) is 42.5 Å². The second-order valence-electron chi connectivity index (χ2n) is 6.11. The maximum Gasteiger partial charge on any atom is 0.181 e. The Labute approximate surface area is 134 Å². The van der Waals surface area contributed by atoms with E-state index in [0.717, 1.165) is 16.3 Å². The number of aryl methyl sites for hydroxylation is 1. The van der Waals surface area contributed by atoms with Gasteiger partial charge in [0.2, 0.25) is 0 Å². The van der Waals surface area contributed by atoms with Crippen LogP contribution in [0.2, 0.25) is 0 Å². The van der Waals surface area contributed by atoms with Crippen molar-refractivity contribution in [1.29, 1.82) is 0 Å². The molecule has 2 aromatic rings. The lowest BCUT2D eigenvalue weighted by atomic mass is 9.84. The van der Waals surface area contributed by atoms with E-state index in [2.05, 4.69) is 6.07 Å². The predicted octanol–water partition coefficient (Wildman–Crippen LogP) is 0.820. The number of benzene rings is 2. The molecule has 5 heteroatoms. The summed E-state index contributed by atoms with van der Waals surface area (Å²) in [6.07, 6.45) is -3.24. The molecule has 0 aromatic heterocycles. The van der Waals surface area contributed by atoms with E-state index in [1.54, 1.807) is 0 Å². The van der Waals surface area contributed by atoms with Gasteiger partial charge in [0.25, 0.3) is 0 Å². The van der Waals surface area contributed by atoms with E-state index < -0.39 is 37.1 Å². The predicted molar refractivity (Wildman–Crippen MR) is 85.7 cm³/mol. The number of fused-ring (bicyclic) bond motifs is 1. The molecule has 1 aliphatic heterocycles. The van der Waals surface area contributed by atoms with E-state index in [9.17, 15) is 20.4 Å². The number of aliphatic hydroxyl groups excluding tert-OH is 4. The minimum Gasteiger partial charge on any atom is -0.394 e. The Morgan fingerprint density at radius 3 is 2.39 bits per heavy atom. The van der Waals surface area contributed by atoms with Crippen molar-refractivity contribution >= 4 is 10.8 Å². The van der Waals surface area contributed by atoms with Crippen LogP contribution in [0.4, 0.5) is 0 Å². The van der Waals surface area contributed by atoms with Crippen molar-refractivity contribution in [2.45, 2.75) is 37.4 Å². The topological polar surface area (TPSA) is 90.2 Å². The first kappa shape index (κ1) is 16.4. The van der Waals surface area contributed by atoms with E-state index in [1.807, 2.05) is 36.4 Å². The Morgan fingerprint density at radius 1 is 0.913 bits per heavy atom. The number of hydrogen-bond acceptors (Lipinski definition) is 5. The highest BCUT2D eigenvalue weighted by Crippen LogP contribution is 2.29. The van der Waals surface area contributed by atoms with Gasteiger partial charge in [0.05, 0.1) is 12.7 Å². The summed E-state index contributed by atoms with van der Waals surface area (Å²) in [5.74, 6) is -0.539. The molecule has 4 N–H and O–H groups in total. The minimum absolute atomic E-state index is 0.391. The largest absolute Gasteiger partial charge is 0.394 e. The summed E-state index contributed by atoms with van der Waals surface area (Å²) >= 11 is 0. The fraction of sp³-hybridized carbons (Fsp3) is 0.444. The minimum atomic E-state index is -1.38. The normalized spacial score (nSPS) is 31.4. The SMILES string of the molecule is OCC1O[C@@H](O)C(O)[C@@H](CCc2ccc3ccccc3c2)[C@@H]1O. The van der Waals surface area contributed by atoms with Crippen molar-refractivity contribution in [2.24, 2.45) is 5.92 Å². The fourth-order valence-corrected chi connectivity index (χ4v) is 3.25. The number of hydrogen-bond donors (Lipinski definition) is 4. The first-order valence-corrected chi connectivity index (χ1v) is 7.88. The molecular weight excluding hydrogens is 296 g/mol. The van der Waals surface area contributed by atoms with Crippen molar-refractivity contribution in [3.05, 3.63) is 48.0 Å². The molecule has 1 aliphatic rings. The maximum atomic E-state index is 10.2. The van der Waals surface area contributed by atoms with Crippen LogP contribution < -0.4 is 0 Å². The van der Waals surface area contributed by atoms with Gasteiger partial charge in [-0.15, -0.1) is 0 Å². The van der Waals surface area contributed by atoms with Crippen LogP contribution in [0.1, 0.15) is 12.0 Å². The third kappa shape index (κ3) is 3.39. The van der Waals surface area contributed by atoms with Crippen molar-refractivity contribution in [2.75, 3.05) is 6.61 Å². The molecule has 0 aliphatic carbocycles. The molecule has 3 rings (SSSR count). The molecule has 23 heavy (non-hydrogen) atoms. The fourth-order valence-electron chi connectivity index (χ4n) is 3.25. The molecular formula is C18H22O5.